The van der Waals surface area contributed by atoms with E-state index in [-0.39, 0.29) is 19.2 Å². The van der Waals surface area contributed by atoms with E-state index in [1.165, 1.54) is 0 Å². The van der Waals surface area contributed by atoms with Crippen molar-refractivity contribution in [1.29, 1.82) is 0 Å². The summed E-state index contributed by atoms with van der Waals surface area (Å²) in [5.74, 6) is -0.233. The summed E-state index contributed by atoms with van der Waals surface area (Å²) in [6, 6.07) is 9.83. The Labute approximate surface area is 132 Å². The lowest BCUT2D eigenvalue weighted by Crippen LogP contribution is -2.22. The maximum absolute atomic E-state index is 11.5. The Morgan fingerprint density at radius 2 is 1.91 bits per heavy atom. The third kappa shape index (κ3) is 7.96. The number of esters is 1. The molecule has 0 amide bonds. The maximum Gasteiger partial charge on any atom is 0.311 e. The minimum absolute atomic E-state index is 0.230. The molecule has 4 heteroatoms. The summed E-state index contributed by atoms with van der Waals surface area (Å²) >= 11 is 0. The van der Waals surface area contributed by atoms with E-state index in [1.54, 1.807) is 12.2 Å². The molecule has 0 aliphatic rings. The molecule has 1 rings (SSSR count). The average molecular weight is 306 g/mol. The smallest absolute Gasteiger partial charge is 0.311 e. The normalized spacial score (nSPS) is 13.3. The quantitative estimate of drug-likeness (QED) is 0.592. The maximum atomic E-state index is 11.5. The van der Waals surface area contributed by atoms with Crippen LogP contribution >= 0.6 is 0 Å². The van der Waals surface area contributed by atoms with Gasteiger partial charge in [-0.1, -0.05) is 42.5 Å². The molecular weight excluding hydrogens is 280 g/mol. The average Bonchev–Trinajstić information content (AvgIpc) is 2.47. The second kappa shape index (κ2) is 9.38. The number of ether oxygens (including phenoxy) is 2. The fourth-order valence-corrected chi connectivity index (χ4v) is 1.62. The summed E-state index contributed by atoms with van der Waals surface area (Å²) in [6.45, 7) is 6.44. The first kappa shape index (κ1) is 18.4. The van der Waals surface area contributed by atoms with Crippen LogP contribution in [0.3, 0.4) is 0 Å². The Balaban J connectivity index is 2.11. The number of aliphatic hydroxyl groups excluding tert-OH is 1. The van der Waals surface area contributed by atoms with Gasteiger partial charge >= 0.3 is 5.97 Å². The van der Waals surface area contributed by atoms with E-state index in [1.807, 2.05) is 51.1 Å². The van der Waals surface area contributed by atoms with E-state index in [4.69, 9.17) is 9.47 Å². The van der Waals surface area contributed by atoms with Gasteiger partial charge in [0.2, 0.25) is 0 Å². The molecule has 122 valence electrons. The monoisotopic (exact) mass is 306 g/mol. The zero-order chi connectivity index (χ0) is 16.4. The number of hydrogen-bond donors (Lipinski definition) is 1. The molecule has 0 unspecified atom stereocenters. The molecule has 0 aromatic heterocycles. The first-order valence-electron chi connectivity index (χ1n) is 7.51. The number of rotatable bonds is 8. The van der Waals surface area contributed by atoms with Crippen LogP contribution in [-0.2, 0) is 20.9 Å². The van der Waals surface area contributed by atoms with Crippen LogP contribution in [0, 0.1) is 5.41 Å². The molecule has 0 aliphatic heterocycles. The van der Waals surface area contributed by atoms with Crippen molar-refractivity contribution in [2.45, 2.75) is 39.9 Å². The molecular formula is C18H26O4. The van der Waals surface area contributed by atoms with Crippen LogP contribution in [0.25, 0.3) is 0 Å². The van der Waals surface area contributed by atoms with Gasteiger partial charge in [0, 0.05) is 0 Å². The molecule has 1 atom stereocenters. The van der Waals surface area contributed by atoms with E-state index in [0.717, 1.165) is 5.56 Å². The van der Waals surface area contributed by atoms with Crippen LogP contribution in [0.4, 0.5) is 0 Å². The molecule has 0 bridgehead atoms. The Kier molecular flexibility index (Phi) is 7.85. The minimum Gasteiger partial charge on any atom is -0.461 e. The van der Waals surface area contributed by atoms with Crippen molar-refractivity contribution in [3.8, 4) is 0 Å². The van der Waals surface area contributed by atoms with E-state index in [0.29, 0.717) is 13.0 Å². The predicted octanol–water partition coefficient (Wildman–Crippen LogP) is 3.10. The van der Waals surface area contributed by atoms with Gasteiger partial charge in [0.1, 0.15) is 6.61 Å². The molecule has 0 saturated heterocycles. The van der Waals surface area contributed by atoms with Crippen molar-refractivity contribution >= 4 is 5.97 Å². The first-order chi connectivity index (χ1) is 10.4. The molecule has 0 aliphatic carbocycles. The largest absolute Gasteiger partial charge is 0.461 e. The summed E-state index contributed by atoms with van der Waals surface area (Å²) in [5.41, 5.74) is 0.595. The standard InChI is InChI=1S/C18H26O4/c1-18(2,3)17(20)22-12-8-7-11-16(19)14-21-13-15-9-5-4-6-10-15/h4-10,16,19H,11-14H2,1-3H3/b8-7+/t16-/m0/s1. The highest BCUT2D eigenvalue weighted by atomic mass is 16.5. The van der Waals surface area contributed by atoms with Gasteiger partial charge in [0.05, 0.1) is 24.7 Å². The van der Waals surface area contributed by atoms with Crippen LogP contribution < -0.4 is 0 Å². The molecule has 0 fully saturated rings. The Bertz CT molecular complexity index is 460. The van der Waals surface area contributed by atoms with Crippen LogP contribution in [0.1, 0.15) is 32.8 Å². The summed E-state index contributed by atoms with van der Waals surface area (Å²) in [5, 5.41) is 9.78. The van der Waals surface area contributed by atoms with E-state index >= 15 is 0 Å². The van der Waals surface area contributed by atoms with Gasteiger partial charge in [0.15, 0.2) is 0 Å². The summed E-state index contributed by atoms with van der Waals surface area (Å²) in [4.78, 5) is 11.5. The third-order valence-corrected chi connectivity index (χ3v) is 2.92. The van der Waals surface area contributed by atoms with Crippen LogP contribution in [0.15, 0.2) is 42.5 Å². The van der Waals surface area contributed by atoms with Gasteiger partial charge in [-0.05, 0) is 32.8 Å². The van der Waals surface area contributed by atoms with Crippen molar-refractivity contribution in [2.24, 2.45) is 5.41 Å². The van der Waals surface area contributed by atoms with Gasteiger partial charge in [0.25, 0.3) is 0 Å². The summed E-state index contributed by atoms with van der Waals surface area (Å²) in [6.07, 6.45) is 3.46. The number of benzene rings is 1. The van der Waals surface area contributed by atoms with Gasteiger partial charge in [-0.3, -0.25) is 4.79 Å². The van der Waals surface area contributed by atoms with Gasteiger partial charge < -0.3 is 14.6 Å². The number of carbonyl (C=O) groups is 1. The Hall–Kier alpha value is -1.65. The molecule has 0 saturated carbocycles. The zero-order valence-corrected chi connectivity index (χ0v) is 13.6. The van der Waals surface area contributed by atoms with Crippen LogP contribution in [0.2, 0.25) is 0 Å². The van der Waals surface area contributed by atoms with E-state index < -0.39 is 11.5 Å². The van der Waals surface area contributed by atoms with Crippen molar-refractivity contribution < 1.29 is 19.4 Å². The number of carbonyl (C=O) groups excluding carboxylic acids is 1. The Morgan fingerprint density at radius 3 is 2.55 bits per heavy atom. The van der Waals surface area contributed by atoms with Crippen molar-refractivity contribution in [2.75, 3.05) is 13.2 Å². The third-order valence-electron chi connectivity index (χ3n) is 2.92. The van der Waals surface area contributed by atoms with Crippen molar-refractivity contribution in [3.05, 3.63) is 48.0 Å². The highest BCUT2D eigenvalue weighted by Crippen LogP contribution is 2.14. The first-order valence-corrected chi connectivity index (χ1v) is 7.51. The van der Waals surface area contributed by atoms with E-state index in [9.17, 15) is 9.90 Å². The minimum atomic E-state index is -0.557. The highest BCUT2D eigenvalue weighted by Gasteiger charge is 2.22. The summed E-state index contributed by atoms with van der Waals surface area (Å²) < 4.78 is 10.5. The summed E-state index contributed by atoms with van der Waals surface area (Å²) in [7, 11) is 0. The van der Waals surface area contributed by atoms with Gasteiger partial charge in [-0.2, -0.15) is 0 Å². The Morgan fingerprint density at radius 1 is 1.23 bits per heavy atom. The molecule has 0 heterocycles. The fourth-order valence-electron chi connectivity index (χ4n) is 1.62. The van der Waals surface area contributed by atoms with Crippen LogP contribution in [-0.4, -0.2) is 30.4 Å². The topological polar surface area (TPSA) is 55.8 Å². The molecule has 22 heavy (non-hydrogen) atoms. The molecule has 0 radical (unpaired) electrons. The second-order valence-electron chi connectivity index (χ2n) is 6.21. The fraction of sp³-hybridized carbons (Fsp3) is 0.500. The molecule has 1 N–H and O–H groups in total. The van der Waals surface area contributed by atoms with E-state index in [2.05, 4.69) is 0 Å². The lowest BCUT2D eigenvalue weighted by atomic mass is 9.97. The second-order valence-corrected chi connectivity index (χ2v) is 6.21. The zero-order valence-electron chi connectivity index (χ0n) is 13.6. The molecule has 1 aromatic rings. The van der Waals surface area contributed by atoms with Crippen LogP contribution in [0.5, 0.6) is 0 Å². The SMILES string of the molecule is CC(C)(C)C(=O)OC/C=C/C[C@H](O)COCc1ccccc1. The molecule has 1 aromatic carbocycles. The lowest BCUT2D eigenvalue weighted by Gasteiger charge is -2.15. The molecule has 0 spiro atoms. The van der Waals surface area contributed by atoms with Gasteiger partial charge in [-0.15, -0.1) is 0 Å². The molecule has 4 nitrogen and oxygen atoms in total. The van der Waals surface area contributed by atoms with Crippen molar-refractivity contribution in [1.82, 2.24) is 0 Å². The van der Waals surface area contributed by atoms with Crippen molar-refractivity contribution in [3.63, 3.8) is 0 Å². The predicted molar refractivity (Wildman–Crippen MR) is 86.3 cm³/mol. The van der Waals surface area contributed by atoms with Gasteiger partial charge in [-0.25, -0.2) is 0 Å². The number of hydrogen-bond acceptors (Lipinski definition) is 4. The highest BCUT2D eigenvalue weighted by molar-refractivity contribution is 5.75. The number of aliphatic hydroxyl groups is 1. The lowest BCUT2D eigenvalue weighted by molar-refractivity contribution is -0.151.